The molecule has 3 rings (SSSR count). The van der Waals surface area contributed by atoms with E-state index in [1.807, 2.05) is 6.07 Å². The van der Waals surface area contributed by atoms with Gasteiger partial charge in [-0.3, -0.25) is 9.52 Å². The number of amides is 1. The number of rotatable bonds is 5. The third-order valence-electron chi connectivity index (χ3n) is 3.56. The third kappa shape index (κ3) is 4.30. The number of halogens is 1. The van der Waals surface area contributed by atoms with Crippen molar-refractivity contribution in [3.8, 4) is 0 Å². The zero-order chi connectivity index (χ0) is 18.6. The molecular weight excluding hydrogens is 416 g/mol. The van der Waals surface area contributed by atoms with E-state index in [0.717, 1.165) is 0 Å². The Morgan fingerprint density at radius 1 is 0.846 bits per heavy atom. The minimum Gasteiger partial charge on any atom is -0.322 e. The van der Waals surface area contributed by atoms with Crippen molar-refractivity contribution >= 4 is 43.2 Å². The monoisotopic (exact) mass is 430 g/mol. The smallest absolute Gasteiger partial charge is 0.261 e. The maximum Gasteiger partial charge on any atom is 0.261 e. The molecule has 7 heteroatoms. The second-order valence-corrected chi connectivity index (χ2v) is 8.03. The van der Waals surface area contributed by atoms with Gasteiger partial charge in [-0.15, -0.1) is 0 Å². The first-order valence-electron chi connectivity index (χ1n) is 7.69. The minimum atomic E-state index is -3.80. The molecule has 0 heterocycles. The molecule has 3 aromatic rings. The van der Waals surface area contributed by atoms with Gasteiger partial charge < -0.3 is 5.32 Å². The Kier molecular flexibility index (Phi) is 5.39. The second kappa shape index (κ2) is 7.72. The highest BCUT2D eigenvalue weighted by molar-refractivity contribution is 9.10. The lowest BCUT2D eigenvalue weighted by Gasteiger charge is -2.13. The number of sulfonamides is 1. The van der Waals surface area contributed by atoms with Crippen molar-refractivity contribution in [1.82, 2.24) is 0 Å². The van der Waals surface area contributed by atoms with Crippen LogP contribution in [-0.4, -0.2) is 14.3 Å². The van der Waals surface area contributed by atoms with Crippen LogP contribution >= 0.6 is 15.9 Å². The molecule has 0 fully saturated rings. The molecular formula is C19H15BrN2O3S. The van der Waals surface area contributed by atoms with Crippen LogP contribution in [0.3, 0.4) is 0 Å². The SMILES string of the molecule is O=C(Nc1ccccc1)c1cc(Br)ccc1NS(=O)(=O)c1ccccc1. The number of para-hydroxylation sites is 1. The molecule has 26 heavy (non-hydrogen) atoms. The Morgan fingerprint density at radius 3 is 2.12 bits per heavy atom. The van der Waals surface area contributed by atoms with E-state index in [9.17, 15) is 13.2 Å². The fraction of sp³-hybridized carbons (Fsp3) is 0. The van der Waals surface area contributed by atoms with Crippen LogP contribution in [0.15, 0.2) is 88.2 Å². The summed E-state index contributed by atoms with van der Waals surface area (Å²) in [5, 5.41) is 2.76. The van der Waals surface area contributed by atoms with Crippen LogP contribution in [0, 0.1) is 0 Å². The number of benzene rings is 3. The lowest BCUT2D eigenvalue weighted by molar-refractivity contribution is 0.102. The first kappa shape index (κ1) is 18.2. The largest absolute Gasteiger partial charge is 0.322 e. The van der Waals surface area contributed by atoms with Crippen molar-refractivity contribution in [2.75, 3.05) is 10.0 Å². The van der Waals surface area contributed by atoms with Crippen molar-refractivity contribution in [1.29, 1.82) is 0 Å². The summed E-state index contributed by atoms with van der Waals surface area (Å²) in [7, 11) is -3.80. The molecule has 2 N–H and O–H groups in total. The molecule has 5 nitrogen and oxygen atoms in total. The van der Waals surface area contributed by atoms with Crippen molar-refractivity contribution < 1.29 is 13.2 Å². The molecule has 0 saturated heterocycles. The second-order valence-electron chi connectivity index (χ2n) is 5.43. The number of nitrogens with one attached hydrogen (secondary N) is 2. The van der Waals surface area contributed by atoms with Crippen molar-refractivity contribution in [2.24, 2.45) is 0 Å². The van der Waals surface area contributed by atoms with Gasteiger partial charge in [0, 0.05) is 10.2 Å². The molecule has 0 unspecified atom stereocenters. The van der Waals surface area contributed by atoms with Gasteiger partial charge in [-0.2, -0.15) is 0 Å². The van der Waals surface area contributed by atoms with Crippen LogP contribution < -0.4 is 10.0 Å². The van der Waals surface area contributed by atoms with Gasteiger partial charge in [0.1, 0.15) is 0 Å². The van der Waals surface area contributed by atoms with E-state index in [-0.39, 0.29) is 16.1 Å². The van der Waals surface area contributed by atoms with Gasteiger partial charge in [-0.1, -0.05) is 52.3 Å². The molecule has 0 aliphatic rings. The van der Waals surface area contributed by atoms with Gasteiger partial charge in [0.25, 0.3) is 15.9 Å². The number of carbonyl (C=O) groups is 1. The molecule has 0 aliphatic carbocycles. The lowest BCUT2D eigenvalue weighted by Crippen LogP contribution is -2.18. The van der Waals surface area contributed by atoms with Crippen molar-refractivity contribution in [2.45, 2.75) is 4.90 Å². The predicted molar refractivity (Wildman–Crippen MR) is 106 cm³/mol. The highest BCUT2D eigenvalue weighted by Crippen LogP contribution is 2.25. The van der Waals surface area contributed by atoms with Gasteiger partial charge in [0.05, 0.1) is 16.1 Å². The molecule has 0 radical (unpaired) electrons. The summed E-state index contributed by atoms with van der Waals surface area (Å²) in [5.74, 6) is -0.414. The van der Waals surface area contributed by atoms with E-state index in [1.165, 1.54) is 12.1 Å². The highest BCUT2D eigenvalue weighted by Gasteiger charge is 2.19. The predicted octanol–water partition coefficient (Wildman–Crippen LogP) is 4.50. The normalized spacial score (nSPS) is 11.0. The number of carbonyl (C=O) groups excluding carboxylic acids is 1. The van der Waals surface area contributed by atoms with Crippen LogP contribution in [0.2, 0.25) is 0 Å². The Labute approximate surface area is 160 Å². The van der Waals surface area contributed by atoms with E-state index in [1.54, 1.807) is 60.7 Å². The molecule has 0 bridgehead atoms. The quantitative estimate of drug-likeness (QED) is 0.625. The van der Waals surface area contributed by atoms with Crippen LogP contribution in [0.4, 0.5) is 11.4 Å². The Bertz CT molecular complexity index is 1020. The standard InChI is InChI=1S/C19H15BrN2O3S/c20-14-11-12-18(22-26(24,25)16-9-5-2-6-10-16)17(13-14)19(23)21-15-7-3-1-4-8-15/h1-13,22H,(H,21,23). The molecule has 1 amide bonds. The maximum atomic E-state index is 12.6. The Hall–Kier alpha value is -2.64. The third-order valence-corrected chi connectivity index (χ3v) is 5.43. The highest BCUT2D eigenvalue weighted by atomic mass is 79.9. The topological polar surface area (TPSA) is 75.3 Å². The van der Waals surface area contributed by atoms with Gasteiger partial charge in [-0.25, -0.2) is 8.42 Å². The summed E-state index contributed by atoms with van der Waals surface area (Å²) in [6.45, 7) is 0. The van der Waals surface area contributed by atoms with Crippen molar-refractivity contribution in [3.63, 3.8) is 0 Å². The van der Waals surface area contributed by atoms with Crippen LogP contribution in [0.1, 0.15) is 10.4 Å². The van der Waals surface area contributed by atoms with Crippen molar-refractivity contribution in [3.05, 3.63) is 88.9 Å². The molecule has 0 atom stereocenters. The van der Waals surface area contributed by atoms with Crippen LogP contribution in [0.25, 0.3) is 0 Å². The zero-order valence-corrected chi connectivity index (χ0v) is 15.9. The summed E-state index contributed by atoms with van der Waals surface area (Å²) in [4.78, 5) is 12.8. The van der Waals surface area contributed by atoms with E-state index >= 15 is 0 Å². The fourth-order valence-electron chi connectivity index (χ4n) is 2.32. The summed E-state index contributed by atoms with van der Waals surface area (Å²) >= 11 is 3.32. The van der Waals surface area contributed by atoms with Crippen LogP contribution in [0.5, 0.6) is 0 Å². The zero-order valence-electron chi connectivity index (χ0n) is 13.5. The first-order chi connectivity index (χ1) is 12.5. The molecule has 0 aliphatic heterocycles. The van der Waals surface area contributed by atoms with Crippen LogP contribution in [-0.2, 0) is 10.0 Å². The molecule has 0 spiro atoms. The molecule has 132 valence electrons. The van der Waals surface area contributed by atoms with Gasteiger partial charge >= 0.3 is 0 Å². The van der Waals surface area contributed by atoms with E-state index < -0.39 is 15.9 Å². The molecule has 0 aromatic heterocycles. The summed E-state index contributed by atoms with van der Waals surface area (Å²) < 4.78 is 28.3. The van der Waals surface area contributed by atoms with E-state index in [2.05, 4.69) is 26.0 Å². The number of anilines is 2. The summed E-state index contributed by atoms with van der Waals surface area (Å²) in [5.41, 5.74) is 1.03. The summed E-state index contributed by atoms with van der Waals surface area (Å²) in [6, 6.07) is 21.7. The van der Waals surface area contributed by atoms with E-state index in [4.69, 9.17) is 0 Å². The molecule has 0 saturated carbocycles. The number of hydrogen-bond donors (Lipinski definition) is 2. The molecule has 3 aromatic carbocycles. The van der Waals surface area contributed by atoms with Gasteiger partial charge in [-0.05, 0) is 42.5 Å². The Balaban J connectivity index is 1.92. The average molecular weight is 431 g/mol. The average Bonchev–Trinajstić information content (AvgIpc) is 2.64. The van der Waals surface area contributed by atoms with Gasteiger partial charge in [0.2, 0.25) is 0 Å². The minimum absolute atomic E-state index is 0.123. The fourth-order valence-corrected chi connectivity index (χ4v) is 3.78. The Morgan fingerprint density at radius 2 is 1.46 bits per heavy atom. The first-order valence-corrected chi connectivity index (χ1v) is 9.97. The van der Waals surface area contributed by atoms with Gasteiger partial charge in [0.15, 0.2) is 0 Å². The maximum absolute atomic E-state index is 12.6. The summed E-state index contributed by atoms with van der Waals surface area (Å²) in [6.07, 6.45) is 0. The van der Waals surface area contributed by atoms with E-state index in [0.29, 0.717) is 10.2 Å². The lowest BCUT2D eigenvalue weighted by atomic mass is 10.1. The number of hydrogen-bond acceptors (Lipinski definition) is 3.